The molecule has 2 heterocycles. The second kappa shape index (κ2) is 7.25. The predicted molar refractivity (Wildman–Crippen MR) is 80.5 cm³/mol. The van der Waals surface area contributed by atoms with Crippen LogP contribution in [0.15, 0.2) is 16.5 Å². The Bertz CT molecular complexity index is 403. The van der Waals surface area contributed by atoms with E-state index in [1.807, 2.05) is 0 Å². The average molecular weight is 280 g/mol. The SMILES string of the molecule is CC(C)CNCc1ccc(CN(C)C2CCOC2C)o1. The van der Waals surface area contributed by atoms with Crippen molar-refractivity contribution in [3.05, 3.63) is 23.7 Å². The number of hydrogen-bond acceptors (Lipinski definition) is 4. The summed E-state index contributed by atoms with van der Waals surface area (Å²) in [4.78, 5) is 2.34. The minimum absolute atomic E-state index is 0.321. The van der Waals surface area contributed by atoms with E-state index in [0.717, 1.165) is 44.2 Å². The van der Waals surface area contributed by atoms with Crippen LogP contribution >= 0.6 is 0 Å². The number of rotatable bonds is 7. The molecule has 2 rings (SSSR count). The third-order valence-electron chi connectivity index (χ3n) is 3.88. The van der Waals surface area contributed by atoms with Gasteiger partial charge in [-0.25, -0.2) is 0 Å². The number of nitrogens with zero attached hydrogens (tertiary/aromatic N) is 1. The van der Waals surface area contributed by atoms with Gasteiger partial charge in [-0.3, -0.25) is 4.90 Å². The summed E-state index contributed by atoms with van der Waals surface area (Å²) in [5.41, 5.74) is 0. The highest BCUT2D eigenvalue weighted by atomic mass is 16.5. The lowest BCUT2D eigenvalue weighted by atomic mass is 10.1. The second-order valence-corrected chi connectivity index (χ2v) is 6.24. The quantitative estimate of drug-likeness (QED) is 0.833. The molecule has 2 atom stereocenters. The first-order chi connectivity index (χ1) is 9.56. The smallest absolute Gasteiger partial charge is 0.118 e. The molecule has 2 unspecified atom stereocenters. The van der Waals surface area contributed by atoms with E-state index in [-0.39, 0.29) is 0 Å². The summed E-state index contributed by atoms with van der Waals surface area (Å²) in [6.07, 6.45) is 1.43. The maximum atomic E-state index is 5.89. The van der Waals surface area contributed by atoms with Gasteiger partial charge in [0.05, 0.1) is 19.2 Å². The van der Waals surface area contributed by atoms with Crippen LogP contribution in [0.1, 0.15) is 38.7 Å². The molecule has 1 aromatic heterocycles. The lowest BCUT2D eigenvalue weighted by molar-refractivity contribution is 0.0790. The molecule has 0 radical (unpaired) electrons. The Morgan fingerprint density at radius 2 is 2.10 bits per heavy atom. The van der Waals surface area contributed by atoms with Crippen molar-refractivity contribution in [3.8, 4) is 0 Å². The maximum absolute atomic E-state index is 5.89. The second-order valence-electron chi connectivity index (χ2n) is 6.24. The zero-order valence-corrected chi connectivity index (χ0v) is 13.2. The molecular weight excluding hydrogens is 252 g/mol. The van der Waals surface area contributed by atoms with Crippen LogP contribution in [-0.4, -0.2) is 37.2 Å². The summed E-state index contributed by atoms with van der Waals surface area (Å²) in [7, 11) is 2.15. The van der Waals surface area contributed by atoms with Gasteiger partial charge in [0.2, 0.25) is 0 Å². The predicted octanol–water partition coefficient (Wildman–Crippen LogP) is 2.63. The number of nitrogens with one attached hydrogen (secondary N) is 1. The summed E-state index contributed by atoms with van der Waals surface area (Å²) in [6, 6.07) is 4.66. The number of ether oxygens (including phenoxy) is 1. The zero-order valence-electron chi connectivity index (χ0n) is 13.2. The van der Waals surface area contributed by atoms with Crippen LogP contribution in [-0.2, 0) is 17.8 Å². The summed E-state index contributed by atoms with van der Waals surface area (Å²) < 4.78 is 11.5. The van der Waals surface area contributed by atoms with Crippen LogP contribution in [0.5, 0.6) is 0 Å². The highest BCUT2D eigenvalue weighted by Gasteiger charge is 2.28. The maximum Gasteiger partial charge on any atom is 0.118 e. The molecule has 0 amide bonds. The molecule has 1 saturated heterocycles. The average Bonchev–Trinajstić information content (AvgIpc) is 2.98. The van der Waals surface area contributed by atoms with Crippen molar-refractivity contribution in [2.24, 2.45) is 5.92 Å². The molecule has 0 bridgehead atoms. The Balaban J connectivity index is 1.80. The van der Waals surface area contributed by atoms with Crippen LogP contribution in [0.4, 0.5) is 0 Å². The van der Waals surface area contributed by atoms with Crippen molar-refractivity contribution in [1.82, 2.24) is 10.2 Å². The van der Waals surface area contributed by atoms with Gasteiger partial charge in [0.15, 0.2) is 0 Å². The van der Waals surface area contributed by atoms with Gasteiger partial charge in [0, 0.05) is 12.6 Å². The third-order valence-corrected chi connectivity index (χ3v) is 3.88. The first kappa shape index (κ1) is 15.5. The molecular formula is C16H28N2O2. The molecule has 1 aliphatic rings. The highest BCUT2D eigenvalue weighted by Crippen LogP contribution is 2.20. The minimum Gasteiger partial charge on any atom is -0.463 e. The summed E-state index contributed by atoms with van der Waals surface area (Å²) in [6.45, 7) is 10.1. The number of furan rings is 1. The summed E-state index contributed by atoms with van der Waals surface area (Å²) >= 11 is 0. The monoisotopic (exact) mass is 280 g/mol. The topological polar surface area (TPSA) is 37.6 Å². The Labute approximate surface area is 122 Å². The Morgan fingerprint density at radius 1 is 1.35 bits per heavy atom. The van der Waals surface area contributed by atoms with Crippen LogP contribution in [0.25, 0.3) is 0 Å². The molecule has 0 spiro atoms. The molecule has 1 aromatic rings. The number of likely N-dealkylation sites (N-methyl/N-ethyl adjacent to an activating group) is 1. The lowest BCUT2D eigenvalue weighted by Gasteiger charge is -2.25. The molecule has 20 heavy (non-hydrogen) atoms. The Morgan fingerprint density at radius 3 is 2.75 bits per heavy atom. The first-order valence-electron chi connectivity index (χ1n) is 7.66. The van der Waals surface area contributed by atoms with E-state index in [2.05, 4.69) is 50.2 Å². The van der Waals surface area contributed by atoms with E-state index in [0.29, 0.717) is 18.1 Å². The zero-order chi connectivity index (χ0) is 14.5. The van der Waals surface area contributed by atoms with E-state index in [9.17, 15) is 0 Å². The van der Waals surface area contributed by atoms with Crippen molar-refractivity contribution in [3.63, 3.8) is 0 Å². The van der Waals surface area contributed by atoms with E-state index >= 15 is 0 Å². The lowest BCUT2D eigenvalue weighted by Crippen LogP contribution is -2.36. The molecule has 0 saturated carbocycles. The van der Waals surface area contributed by atoms with E-state index in [1.54, 1.807) is 0 Å². The van der Waals surface area contributed by atoms with Crippen molar-refractivity contribution in [1.29, 1.82) is 0 Å². The fourth-order valence-corrected chi connectivity index (χ4v) is 2.75. The van der Waals surface area contributed by atoms with Crippen molar-refractivity contribution in [2.75, 3.05) is 20.2 Å². The van der Waals surface area contributed by atoms with Crippen LogP contribution in [0.3, 0.4) is 0 Å². The largest absolute Gasteiger partial charge is 0.463 e. The van der Waals surface area contributed by atoms with E-state index in [4.69, 9.17) is 9.15 Å². The van der Waals surface area contributed by atoms with Gasteiger partial charge in [0.25, 0.3) is 0 Å². The van der Waals surface area contributed by atoms with Gasteiger partial charge < -0.3 is 14.5 Å². The highest BCUT2D eigenvalue weighted by molar-refractivity contribution is 5.07. The molecule has 1 fully saturated rings. The molecule has 4 heteroatoms. The summed E-state index contributed by atoms with van der Waals surface area (Å²) in [5.74, 6) is 2.72. The molecule has 0 aliphatic carbocycles. The van der Waals surface area contributed by atoms with Gasteiger partial charge in [-0.05, 0) is 45.0 Å². The van der Waals surface area contributed by atoms with Crippen LogP contribution in [0, 0.1) is 5.92 Å². The van der Waals surface area contributed by atoms with Gasteiger partial charge in [0.1, 0.15) is 11.5 Å². The Kier molecular flexibility index (Phi) is 5.64. The fraction of sp³-hybridized carbons (Fsp3) is 0.750. The summed E-state index contributed by atoms with van der Waals surface area (Å²) in [5, 5.41) is 3.40. The molecule has 1 N–H and O–H groups in total. The van der Waals surface area contributed by atoms with Gasteiger partial charge in [-0.15, -0.1) is 0 Å². The van der Waals surface area contributed by atoms with Crippen molar-refractivity contribution >= 4 is 0 Å². The van der Waals surface area contributed by atoms with Crippen LogP contribution < -0.4 is 5.32 Å². The normalized spacial score (nSPS) is 23.1. The van der Waals surface area contributed by atoms with Crippen molar-refractivity contribution in [2.45, 2.75) is 52.4 Å². The van der Waals surface area contributed by atoms with Crippen LogP contribution in [0.2, 0.25) is 0 Å². The first-order valence-corrected chi connectivity index (χ1v) is 7.66. The van der Waals surface area contributed by atoms with Gasteiger partial charge >= 0.3 is 0 Å². The Hall–Kier alpha value is -0.840. The minimum atomic E-state index is 0.321. The third kappa shape index (κ3) is 4.33. The molecule has 0 aromatic carbocycles. The molecule has 1 aliphatic heterocycles. The fourth-order valence-electron chi connectivity index (χ4n) is 2.75. The standard InChI is InChI=1S/C16H28N2O2/c1-12(2)9-17-10-14-5-6-15(20-14)11-18(4)16-7-8-19-13(16)3/h5-6,12-13,16-17H,7-11H2,1-4H3. The van der Waals surface area contributed by atoms with Crippen molar-refractivity contribution < 1.29 is 9.15 Å². The molecule has 4 nitrogen and oxygen atoms in total. The van der Waals surface area contributed by atoms with Gasteiger partial charge in [-0.1, -0.05) is 13.8 Å². The molecule has 114 valence electrons. The number of hydrogen-bond donors (Lipinski definition) is 1. The van der Waals surface area contributed by atoms with E-state index < -0.39 is 0 Å². The van der Waals surface area contributed by atoms with E-state index in [1.165, 1.54) is 0 Å². The van der Waals surface area contributed by atoms with Gasteiger partial charge in [-0.2, -0.15) is 0 Å².